The van der Waals surface area contributed by atoms with Crippen LogP contribution in [-0.4, -0.2) is 73.3 Å². The van der Waals surface area contributed by atoms with E-state index in [0.29, 0.717) is 44.2 Å². The van der Waals surface area contributed by atoms with E-state index in [4.69, 9.17) is 4.74 Å². The molecule has 2 aliphatic heterocycles. The second kappa shape index (κ2) is 10.9. The van der Waals surface area contributed by atoms with Gasteiger partial charge in [0.15, 0.2) is 0 Å². The summed E-state index contributed by atoms with van der Waals surface area (Å²) in [6.07, 6.45) is 5.01. The molecule has 0 N–H and O–H groups in total. The van der Waals surface area contributed by atoms with Gasteiger partial charge in [0, 0.05) is 38.8 Å². The molecule has 0 unspecified atom stereocenters. The Morgan fingerprint density at radius 1 is 1.15 bits per heavy atom. The number of ether oxygens (including phenoxy) is 2. The smallest absolute Gasteiger partial charge is 0.410 e. The predicted octanol–water partition coefficient (Wildman–Crippen LogP) is 4.29. The molecule has 0 bridgehead atoms. The number of urea groups is 1. The van der Waals surface area contributed by atoms with E-state index in [9.17, 15) is 18.8 Å². The summed E-state index contributed by atoms with van der Waals surface area (Å²) >= 11 is 0. The molecule has 0 aliphatic carbocycles. The van der Waals surface area contributed by atoms with Crippen LogP contribution >= 0.6 is 0 Å². The highest BCUT2D eigenvalue weighted by molar-refractivity contribution is 5.94. The van der Waals surface area contributed by atoms with Gasteiger partial charge in [-0.05, 0) is 69.7 Å². The fourth-order valence-corrected chi connectivity index (χ4v) is 4.16. The maximum Gasteiger partial charge on any atom is 0.410 e. The number of carbonyl (C=O) groups excluding carboxylic acids is 3. The van der Waals surface area contributed by atoms with E-state index < -0.39 is 17.4 Å². The summed E-state index contributed by atoms with van der Waals surface area (Å²) in [7, 11) is 1.27. The number of methoxy groups -OCH3 is 1. The first kappa shape index (κ1) is 25.5. The molecule has 0 saturated carbocycles. The lowest BCUT2D eigenvalue weighted by Crippen LogP contribution is -2.42. The van der Waals surface area contributed by atoms with Gasteiger partial charge in [0.1, 0.15) is 11.4 Å². The monoisotopic (exact) mass is 475 g/mol. The van der Waals surface area contributed by atoms with Crippen LogP contribution in [-0.2, 0) is 14.3 Å². The summed E-state index contributed by atoms with van der Waals surface area (Å²) in [6, 6.07) is 4.30. The number of likely N-dealkylation sites (tertiary alicyclic amines) is 1. The van der Waals surface area contributed by atoms with Crippen molar-refractivity contribution in [3.63, 3.8) is 0 Å². The minimum absolute atomic E-state index is 0.206. The molecule has 2 heterocycles. The molecule has 2 aliphatic rings. The lowest BCUT2D eigenvalue weighted by atomic mass is 9.93. The van der Waals surface area contributed by atoms with Crippen LogP contribution in [0.5, 0.6) is 0 Å². The average Bonchev–Trinajstić information content (AvgIpc) is 3.15. The summed E-state index contributed by atoms with van der Waals surface area (Å²) in [5.74, 6) is -0.611. The number of carbonyl (C=O) groups is 3. The van der Waals surface area contributed by atoms with E-state index in [1.54, 1.807) is 21.9 Å². The normalized spacial score (nSPS) is 17.6. The molecule has 2 saturated heterocycles. The van der Waals surface area contributed by atoms with Gasteiger partial charge < -0.3 is 19.3 Å². The minimum atomic E-state index is -0.523. The number of esters is 1. The van der Waals surface area contributed by atoms with Crippen molar-refractivity contribution in [1.29, 1.82) is 0 Å². The molecule has 3 amide bonds. The highest BCUT2D eigenvalue weighted by Gasteiger charge is 2.32. The number of anilines is 1. The Labute approximate surface area is 200 Å². The second-order valence-corrected chi connectivity index (χ2v) is 9.69. The van der Waals surface area contributed by atoms with Gasteiger partial charge in [-0.2, -0.15) is 0 Å². The molecule has 186 valence electrons. The first-order valence-electron chi connectivity index (χ1n) is 11.7. The minimum Gasteiger partial charge on any atom is -0.466 e. The van der Waals surface area contributed by atoms with E-state index in [1.807, 2.05) is 20.8 Å². The first-order chi connectivity index (χ1) is 16.1. The van der Waals surface area contributed by atoms with E-state index in [0.717, 1.165) is 19.3 Å². The van der Waals surface area contributed by atoms with Gasteiger partial charge in [-0.25, -0.2) is 18.8 Å². The molecule has 1 aromatic carbocycles. The van der Waals surface area contributed by atoms with Crippen LogP contribution in [0.4, 0.5) is 19.7 Å². The van der Waals surface area contributed by atoms with Crippen molar-refractivity contribution in [3.8, 4) is 0 Å². The Morgan fingerprint density at radius 3 is 2.47 bits per heavy atom. The fraction of sp³-hybridized carbons (Fsp3) is 0.560. The zero-order valence-corrected chi connectivity index (χ0v) is 20.4. The molecule has 0 spiro atoms. The molecule has 0 aromatic heterocycles. The highest BCUT2D eigenvalue weighted by atomic mass is 19.1. The van der Waals surface area contributed by atoms with Crippen molar-refractivity contribution >= 4 is 29.9 Å². The van der Waals surface area contributed by atoms with Crippen molar-refractivity contribution in [2.24, 2.45) is 5.92 Å². The summed E-state index contributed by atoms with van der Waals surface area (Å²) in [5.41, 5.74) is 0.233. The number of hydrogen-bond donors (Lipinski definition) is 0. The van der Waals surface area contributed by atoms with Crippen LogP contribution in [0.1, 0.15) is 45.6 Å². The van der Waals surface area contributed by atoms with Gasteiger partial charge >= 0.3 is 18.1 Å². The van der Waals surface area contributed by atoms with Gasteiger partial charge in [0.25, 0.3) is 0 Å². The van der Waals surface area contributed by atoms with E-state index in [1.165, 1.54) is 30.2 Å². The zero-order valence-electron chi connectivity index (χ0n) is 20.4. The number of piperidine rings is 1. The molecule has 0 radical (unpaired) electrons. The summed E-state index contributed by atoms with van der Waals surface area (Å²) in [5, 5.41) is 0. The third-order valence-electron chi connectivity index (χ3n) is 6.04. The third-order valence-corrected chi connectivity index (χ3v) is 6.04. The molecule has 1 aromatic rings. The van der Waals surface area contributed by atoms with Crippen LogP contribution < -0.4 is 4.90 Å². The van der Waals surface area contributed by atoms with Crippen molar-refractivity contribution < 1.29 is 28.2 Å². The number of amides is 3. The van der Waals surface area contributed by atoms with Crippen molar-refractivity contribution in [1.82, 2.24) is 9.80 Å². The Kier molecular flexibility index (Phi) is 8.17. The average molecular weight is 476 g/mol. The Morgan fingerprint density at radius 2 is 1.85 bits per heavy atom. The van der Waals surface area contributed by atoms with Crippen LogP contribution in [0, 0.1) is 11.7 Å². The van der Waals surface area contributed by atoms with Crippen LogP contribution in [0.3, 0.4) is 0 Å². The molecule has 34 heavy (non-hydrogen) atoms. The summed E-state index contributed by atoms with van der Waals surface area (Å²) in [6.45, 7) is 8.45. The number of nitrogens with zero attached hydrogens (tertiary/aromatic N) is 3. The topological polar surface area (TPSA) is 79.4 Å². The fourth-order valence-electron chi connectivity index (χ4n) is 4.16. The van der Waals surface area contributed by atoms with Gasteiger partial charge in [0.05, 0.1) is 12.8 Å². The molecular formula is C25H34FN3O5. The third kappa shape index (κ3) is 6.71. The zero-order chi connectivity index (χ0) is 24.9. The first-order valence-corrected chi connectivity index (χ1v) is 11.7. The highest BCUT2D eigenvalue weighted by Crippen LogP contribution is 2.27. The Hall–Kier alpha value is -3.10. The van der Waals surface area contributed by atoms with Gasteiger partial charge in [-0.3, -0.25) is 4.90 Å². The molecule has 9 heteroatoms. The van der Waals surface area contributed by atoms with Gasteiger partial charge in [0.2, 0.25) is 0 Å². The van der Waals surface area contributed by atoms with E-state index in [2.05, 4.69) is 4.74 Å². The quantitative estimate of drug-likeness (QED) is 0.453. The van der Waals surface area contributed by atoms with E-state index in [-0.39, 0.29) is 17.8 Å². The lowest BCUT2D eigenvalue weighted by molar-refractivity contribution is -0.134. The Balaban J connectivity index is 1.49. The number of hydrogen-bond acceptors (Lipinski definition) is 5. The molecule has 0 atom stereocenters. The number of benzene rings is 1. The lowest BCUT2D eigenvalue weighted by Gasteiger charge is -2.34. The van der Waals surface area contributed by atoms with Crippen LogP contribution in [0.15, 0.2) is 24.3 Å². The maximum absolute atomic E-state index is 14.7. The maximum atomic E-state index is 14.7. The SMILES string of the molecule is COC(=O)C=Cc1ccc(N2CCN(CCC3CCN(C(=O)OC(C)(C)C)CC3)C2=O)c(F)c1. The van der Waals surface area contributed by atoms with Gasteiger partial charge in [-0.1, -0.05) is 6.07 Å². The van der Waals surface area contributed by atoms with Crippen molar-refractivity contribution in [2.45, 2.75) is 45.6 Å². The molecule has 2 fully saturated rings. The number of rotatable bonds is 6. The standard InChI is InChI=1S/C25H34FN3O5/c1-25(2,3)34-24(32)28-13-10-18(11-14-28)9-12-27-15-16-29(23(27)31)21-7-5-19(17-20(21)26)6-8-22(30)33-4/h5-8,17-18H,9-16H2,1-4H3. The largest absolute Gasteiger partial charge is 0.466 e. The van der Waals surface area contributed by atoms with Crippen molar-refractivity contribution in [2.75, 3.05) is 44.7 Å². The summed E-state index contributed by atoms with van der Waals surface area (Å²) in [4.78, 5) is 41.3. The van der Waals surface area contributed by atoms with E-state index >= 15 is 0 Å². The van der Waals surface area contributed by atoms with Gasteiger partial charge in [-0.15, -0.1) is 0 Å². The molecule has 3 rings (SSSR count). The van der Waals surface area contributed by atoms with Crippen molar-refractivity contribution in [3.05, 3.63) is 35.7 Å². The second-order valence-electron chi connectivity index (χ2n) is 9.69. The van der Waals surface area contributed by atoms with Crippen LogP contribution in [0.2, 0.25) is 0 Å². The Bertz CT molecular complexity index is 935. The molecular weight excluding hydrogens is 441 g/mol. The van der Waals surface area contributed by atoms with Crippen LogP contribution in [0.25, 0.3) is 6.08 Å². The molecule has 8 nitrogen and oxygen atoms in total. The predicted molar refractivity (Wildman–Crippen MR) is 127 cm³/mol. The summed E-state index contributed by atoms with van der Waals surface area (Å²) < 4.78 is 24.7. The number of halogens is 1.